The highest BCUT2D eigenvalue weighted by Gasteiger charge is 2.36. The summed E-state index contributed by atoms with van der Waals surface area (Å²) in [6.07, 6.45) is 0.888. The quantitative estimate of drug-likeness (QED) is 0.494. The largest absolute Gasteiger partial charge is 0.480 e. The first kappa shape index (κ1) is 14.4. The third-order valence-corrected chi connectivity index (χ3v) is 3.26. The molecule has 7 heteroatoms. The van der Waals surface area contributed by atoms with Gasteiger partial charge in [-0.3, -0.25) is 9.59 Å². The number of carbonyl (C=O) groups excluding carboxylic acids is 2. The van der Waals surface area contributed by atoms with Crippen molar-refractivity contribution in [1.29, 1.82) is 0 Å². The number of carbonyl (C=O) groups is 3. The van der Waals surface area contributed by atoms with Crippen LogP contribution in [0.25, 0.3) is 0 Å². The van der Waals surface area contributed by atoms with E-state index in [1.807, 2.05) is 0 Å². The molecule has 0 spiro atoms. The number of nitrogens with two attached hydrogens (primary N) is 1. The lowest BCUT2D eigenvalue weighted by atomic mass is 9.80. The number of hydrogen-bond acceptors (Lipinski definition) is 4. The topological polar surface area (TPSA) is 122 Å². The van der Waals surface area contributed by atoms with Gasteiger partial charge in [-0.1, -0.05) is 6.92 Å². The average molecular weight is 257 g/mol. The molecule has 1 heterocycles. The molecule has 0 radical (unpaired) electrons. The summed E-state index contributed by atoms with van der Waals surface area (Å²) in [5.41, 5.74) is 4.37. The Kier molecular flexibility index (Phi) is 4.66. The fourth-order valence-corrected chi connectivity index (χ4v) is 1.94. The van der Waals surface area contributed by atoms with Crippen LogP contribution in [0.5, 0.6) is 0 Å². The lowest BCUT2D eigenvalue weighted by molar-refractivity contribution is -0.145. The minimum absolute atomic E-state index is 0.336. The van der Waals surface area contributed by atoms with Crippen LogP contribution in [0, 0.1) is 5.41 Å². The fourth-order valence-electron chi connectivity index (χ4n) is 1.94. The third kappa shape index (κ3) is 3.69. The van der Waals surface area contributed by atoms with Gasteiger partial charge in [0.05, 0.1) is 6.42 Å². The first-order chi connectivity index (χ1) is 8.35. The number of rotatable bonds is 5. The summed E-state index contributed by atoms with van der Waals surface area (Å²) in [5, 5.41) is 14.4. The van der Waals surface area contributed by atoms with Crippen LogP contribution in [0.15, 0.2) is 0 Å². The van der Waals surface area contributed by atoms with Crippen molar-refractivity contribution in [2.45, 2.75) is 32.2 Å². The maximum Gasteiger partial charge on any atom is 0.326 e. The predicted octanol–water partition coefficient (Wildman–Crippen LogP) is -1.18. The highest BCUT2D eigenvalue weighted by atomic mass is 16.4. The van der Waals surface area contributed by atoms with Crippen molar-refractivity contribution >= 4 is 17.8 Å². The smallest absolute Gasteiger partial charge is 0.326 e. The van der Waals surface area contributed by atoms with Gasteiger partial charge in [-0.15, -0.1) is 0 Å². The zero-order valence-corrected chi connectivity index (χ0v) is 10.4. The maximum absolute atomic E-state index is 12.1. The first-order valence-electron chi connectivity index (χ1n) is 5.88. The average Bonchev–Trinajstić information content (AvgIpc) is 2.28. The van der Waals surface area contributed by atoms with Gasteiger partial charge < -0.3 is 21.5 Å². The number of carboxylic acid groups (broad SMARTS) is 1. The van der Waals surface area contributed by atoms with E-state index in [1.54, 1.807) is 6.92 Å². The Morgan fingerprint density at radius 1 is 1.39 bits per heavy atom. The molecule has 102 valence electrons. The molecule has 0 bridgehead atoms. The van der Waals surface area contributed by atoms with Crippen LogP contribution < -0.4 is 16.4 Å². The van der Waals surface area contributed by atoms with Crippen LogP contribution in [0.1, 0.15) is 26.2 Å². The van der Waals surface area contributed by atoms with Crippen LogP contribution in [-0.2, 0) is 14.4 Å². The van der Waals surface area contributed by atoms with Crippen molar-refractivity contribution in [3.63, 3.8) is 0 Å². The van der Waals surface area contributed by atoms with Crippen molar-refractivity contribution in [2.75, 3.05) is 13.1 Å². The molecule has 1 rings (SSSR count). The predicted molar refractivity (Wildman–Crippen MR) is 63.6 cm³/mol. The molecule has 18 heavy (non-hydrogen) atoms. The molecule has 1 fully saturated rings. The first-order valence-corrected chi connectivity index (χ1v) is 5.88. The summed E-state index contributed by atoms with van der Waals surface area (Å²) in [7, 11) is 0. The molecule has 5 N–H and O–H groups in total. The highest BCUT2D eigenvalue weighted by Crippen LogP contribution is 2.28. The van der Waals surface area contributed by atoms with Gasteiger partial charge >= 0.3 is 5.97 Å². The molecule has 0 saturated carbocycles. The zero-order chi connectivity index (χ0) is 13.8. The van der Waals surface area contributed by atoms with Crippen LogP contribution in [0.2, 0.25) is 0 Å². The molecule has 7 nitrogen and oxygen atoms in total. The van der Waals surface area contributed by atoms with Crippen molar-refractivity contribution < 1.29 is 19.5 Å². The van der Waals surface area contributed by atoms with E-state index in [2.05, 4.69) is 10.6 Å². The van der Waals surface area contributed by atoms with Crippen molar-refractivity contribution in [2.24, 2.45) is 11.1 Å². The fraction of sp³-hybridized carbons (Fsp3) is 0.727. The number of primary amides is 1. The van der Waals surface area contributed by atoms with Gasteiger partial charge in [0, 0.05) is 5.41 Å². The van der Waals surface area contributed by atoms with Crippen LogP contribution >= 0.6 is 0 Å². The molecule has 1 atom stereocenters. The summed E-state index contributed by atoms with van der Waals surface area (Å²) in [4.78, 5) is 33.7. The lowest BCUT2D eigenvalue weighted by Gasteiger charge is -2.33. The van der Waals surface area contributed by atoms with E-state index in [1.165, 1.54) is 0 Å². The second-order valence-corrected chi connectivity index (χ2v) is 4.85. The Hall–Kier alpha value is -1.63. The van der Waals surface area contributed by atoms with Gasteiger partial charge in [-0.25, -0.2) is 4.79 Å². The maximum atomic E-state index is 12.1. The standard InChI is InChI=1S/C11H19N3O4/c1-11(2-4-13-5-3-11)10(18)14-7(9(16)17)6-8(12)15/h7,13H,2-6H2,1H3,(H2,12,15)(H,14,18)(H,16,17)/t7-/m0/s1. The molecule has 1 aliphatic heterocycles. The molecule has 0 aromatic rings. The minimum Gasteiger partial charge on any atom is -0.480 e. The second kappa shape index (κ2) is 5.81. The third-order valence-electron chi connectivity index (χ3n) is 3.26. The van der Waals surface area contributed by atoms with E-state index >= 15 is 0 Å². The number of piperidine rings is 1. The summed E-state index contributed by atoms with van der Waals surface area (Å²) in [5.74, 6) is -2.34. The van der Waals surface area contributed by atoms with Gasteiger partial charge in [0.1, 0.15) is 6.04 Å². The number of hydrogen-bond donors (Lipinski definition) is 4. The Labute approximate surface area is 105 Å². The van der Waals surface area contributed by atoms with E-state index < -0.39 is 29.8 Å². The summed E-state index contributed by atoms with van der Waals surface area (Å²) < 4.78 is 0. The molecular formula is C11H19N3O4. The van der Waals surface area contributed by atoms with Gasteiger partial charge in [-0.05, 0) is 25.9 Å². The molecule has 0 aromatic heterocycles. The minimum atomic E-state index is -1.25. The Bertz CT molecular complexity index is 350. The van der Waals surface area contributed by atoms with E-state index in [-0.39, 0.29) is 5.91 Å². The zero-order valence-electron chi connectivity index (χ0n) is 10.4. The molecular weight excluding hydrogens is 238 g/mol. The van der Waals surface area contributed by atoms with Crippen molar-refractivity contribution in [3.8, 4) is 0 Å². The van der Waals surface area contributed by atoms with Gasteiger partial charge in [0.2, 0.25) is 11.8 Å². The van der Waals surface area contributed by atoms with Gasteiger partial charge in [-0.2, -0.15) is 0 Å². The number of carboxylic acids is 1. The Morgan fingerprint density at radius 2 is 1.94 bits per heavy atom. The number of nitrogens with one attached hydrogen (secondary N) is 2. The van der Waals surface area contributed by atoms with Gasteiger partial charge in [0.15, 0.2) is 0 Å². The molecule has 0 aromatic carbocycles. The number of aliphatic carboxylic acids is 1. The monoisotopic (exact) mass is 257 g/mol. The highest BCUT2D eigenvalue weighted by molar-refractivity contribution is 5.90. The SMILES string of the molecule is CC1(C(=O)N[C@@H](CC(N)=O)C(=O)O)CCNCC1. The van der Waals surface area contributed by atoms with E-state index in [9.17, 15) is 14.4 Å². The van der Waals surface area contributed by atoms with E-state index in [0.29, 0.717) is 12.8 Å². The van der Waals surface area contributed by atoms with Crippen molar-refractivity contribution in [1.82, 2.24) is 10.6 Å². The normalized spacial score (nSPS) is 19.8. The molecule has 1 aliphatic rings. The lowest BCUT2D eigenvalue weighted by Crippen LogP contribution is -2.51. The summed E-state index contributed by atoms with van der Waals surface area (Å²) in [6, 6.07) is -1.25. The molecule has 1 saturated heterocycles. The van der Waals surface area contributed by atoms with Crippen LogP contribution in [0.3, 0.4) is 0 Å². The van der Waals surface area contributed by atoms with Crippen LogP contribution in [-0.4, -0.2) is 42.0 Å². The van der Waals surface area contributed by atoms with Crippen LogP contribution in [0.4, 0.5) is 0 Å². The van der Waals surface area contributed by atoms with Crippen molar-refractivity contribution in [3.05, 3.63) is 0 Å². The van der Waals surface area contributed by atoms with Gasteiger partial charge in [0.25, 0.3) is 0 Å². The second-order valence-electron chi connectivity index (χ2n) is 4.85. The van der Waals surface area contributed by atoms with E-state index in [0.717, 1.165) is 13.1 Å². The van der Waals surface area contributed by atoms with E-state index in [4.69, 9.17) is 10.8 Å². The molecule has 0 unspecified atom stereocenters. The Balaban J connectivity index is 2.65. The molecule has 0 aliphatic carbocycles. The Morgan fingerprint density at radius 3 is 2.39 bits per heavy atom. The summed E-state index contributed by atoms with van der Waals surface area (Å²) in [6.45, 7) is 3.24. The summed E-state index contributed by atoms with van der Waals surface area (Å²) >= 11 is 0. The molecule has 2 amide bonds. The number of amides is 2.